The lowest BCUT2D eigenvalue weighted by molar-refractivity contribution is -0.146. The fourth-order valence-corrected chi connectivity index (χ4v) is 9.77. The number of anilines is 3. The fourth-order valence-electron chi connectivity index (χ4n) is 5.91. The molecule has 4 aromatic carbocycles. The predicted molar refractivity (Wildman–Crippen MR) is 269 cm³/mol. The van der Waals surface area contributed by atoms with Crippen molar-refractivity contribution in [3.05, 3.63) is 103 Å². The van der Waals surface area contributed by atoms with Crippen LogP contribution in [0.1, 0.15) is 69.8 Å². The Labute approximate surface area is 405 Å². The van der Waals surface area contributed by atoms with Crippen LogP contribution in [-0.4, -0.2) is 99.6 Å². The van der Waals surface area contributed by atoms with Crippen LogP contribution in [0.2, 0.25) is 0 Å². The molecule has 0 aromatic heterocycles. The number of hydrogen-bond acceptors (Lipinski definition) is 17. The maximum atomic E-state index is 12.4. The number of benzene rings is 4. The van der Waals surface area contributed by atoms with Gasteiger partial charge in [0.2, 0.25) is 0 Å². The van der Waals surface area contributed by atoms with Crippen LogP contribution >= 0.6 is 43.2 Å². The van der Waals surface area contributed by atoms with E-state index in [-0.39, 0.29) is 82.6 Å². The first-order valence-corrected chi connectivity index (χ1v) is 26.7. The summed E-state index contributed by atoms with van der Waals surface area (Å²) in [6, 6.07) is 32.3. The van der Waals surface area contributed by atoms with Gasteiger partial charge in [0.25, 0.3) is 0 Å². The quantitative estimate of drug-likeness (QED) is 0.0114. The highest BCUT2D eigenvalue weighted by Gasteiger charge is 2.13. The van der Waals surface area contributed by atoms with E-state index in [0.717, 1.165) is 38.2 Å². The average molecular weight is 981 g/mol. The van der Waals surface area contributed by atoms with Crippen molar-refractivity contribution < 1.29 is 43.2 Å². The van der Waals surface area contributed by atoms with Crippen LogP contribution in [0, 0.1) is 6.92 Å². The second-order valence-electron chi connectivity index (χ2n) is 15.2. The first-order valence-electron chi connectivity index (χ1n) is 22.4. The van der Waals surface area contributed by atoms with E-state index >= 15 is 0 Å². The lowest BCUT2D eigenvalue weighted by Gasteiger charge is -2.21. The van der Waals surface area contributed by atoms with Gasteiger partial charge in [-0.3, -0.25) is 19.2 Å². The molecule has 4 rings (SSSR count). The van der Waals surface area contributed by atoms with E-state index in [2.05, 4.69) is 54.0 Å². The van der Waals surface area contributed by atoms with Crippen LogP contribution in [0.25, 0.3) is 0 Å². The molecule has 5 N–H and O–H groups in total. The molecular weight excluding hydrogens is 917 g/mol. The van der Waals surface area contributed by atoms with Crippen molar-refractivity contribution in [3.63, 3.8) is 0 Å². The van der Waals surface area contributed by atoms with Gasteiger partial charge in [-0.2, -0.15) is 0 Å². The minimum Gasteiger partial charge on any atom is -0.466 e. The Morgan fingerprint density at radius 1 is 0.485 bits per heavy atom. The molecule has 13 nitrogen and oxygen atoms in total. The standard InChI is InChI=1S/C49H64N4O9S4/c1-38-8-16-42(17-9-38)63-65-44-20-12-40(13-21-44)51-28-24-46(55)59-34-4-6-36-61-48(57)26-31-53(30-2-3-33-54)32-27-49(58)62-37-7-5-35-60-47(56)25-29-52-41-14-22-45(23-15-41)66-64-43-18-10-39(50)11-19-43/h8-23,51-52,54H,2-7,24-37,50H2,1H3. The third-order valence-electron chi connectivity index (χ3n) is 9.67. The van der Waals surface area contributed by atoms with E-state index in [1.807, 2.05) is 65.6 Å². The van der Waals surface area contributed by atoms with Gasteiger partial charge in [0.1, 0.15) is 0 Å². The molecule has 0 aliphatic rings. The number of nitrogens with two attached hydrogens (primary N) is 1. The fraction of sp³-hybridized carbons (Fsp3) is 0.429. The molecule has 0 spiro atoms. The molecular formula is C49H64N4O9S4. The number of unbranched alkanes of at least 4 members (excludes halogenated alkanes) is 3. The van der Waals surface area contributed by atoms with Gasteiger partial charge in [-0.25, -0.2) is 0 Å². The van der Waals surface area contributed by atoms with Gasteiger partial charge >= 0.3 is 23.9 Å². The molecule has 0 saturated heterocycles. The van der Waals surface area contributed by atoms with Gasteiger partial charge < -0.3 is 45.3 Å². The number of aliphatic hydroxyl groups is 1. The number of carbonyl (C=O) groups is 4. The van der Waals surface area contributed by atoms with Gasteiger partial charge in [0.15, 0.2) is 0 Å². The molecule has 0 radical (unpaired) electrons. The third kappa shape index (κ3) is 24.8. The summed E-state index contributed by atoms with van der Waals surface area (Å²) in [5.74, 6) is -1.26. The van der Waals surface area contributed by atoms with E-state index in [4.69, 9.17) is 24.7 Å². The summed E-state index contributed by atoms with van der Waals surface area (Å²) in [6.45, 7) is 5.47. The molecule has 0 saturated carbocycles. The summed E-state index contributed by atoms with van der Waals surface area (Å²) in [7, 11) is 6.74. The number of hydrogen-bond donors (Lipinski definition) is 4. The van der Waals surface area contributed by atoms with Crippen molar-refractivity contribution in [2.45, 2.75) is 90.7 Å². The zero-order valence-electron chi connectivity index (χ0n) is 37.8. The molecule has 0 amide bonds. The summed E-state index contributed by atoms with van der Waals surface area (Å²) in [5, 5.41) is 15.7. The van der Waals surface area contributed by atoms with Crippen LogP contribution in [0.5, 0.6) is 0 Å². The molecule has 0 aliphatic carbocycles. The molecule has 0 bridgehead atoms. The van der Waals surface area contributed by atoms with Gasteiger partial charge in [-0.05, 0) is 137 Å². The number of aryl methyl sites for hydroxylation is 1. The zero-order valence-corrected chi connectivity index (χ0v) is 41.0. The second-order valence-corrected chi connectivity index (χ2v) is 19.7. The highest BCUT2D eigenvalue weighted by atomic mass is 33.1. The number of nitrogen functional groups attached to an aromatic ring is 1. The SMILES string of the molecule is Cc1ccc(SSc2ccc(NCCC(=O)OCCCCOC(=O)CCN(CCCCO)CCC(=O)OCCCCOC(=O)CCNc3ccc(SSc4ccc(N)cc4)cc3)cc2)cc1. The highest BCUT2D eigenvalue weighted by molar-refractivity contribution is 8.77. The topological polar surface area (TPSA) is 179 Å². The summed E-state index contributed by atoms with van der Waals surface area (Å²) in [4.78, 5) is 55.9. The lowest BCUT2D eigenvalue weighted by atomic mass is 10.2. The second kappa shape index (κ2) is 33.0. The maximum absolute atomic E-state index is 12.4. The molecule has 0 fully saturated rings. The number of aliphatic hydroxyl groups excluding tert-OH is 1. The van der Waals surface area contributed by atoms with E-state index in [0.29, 0.717) is 64.8 Å². The Hall–Kier alpha value is -4.52. The van der Waals surface area contributed by atoms with E-state index in [9.17, 15) is 24.3 Å². The van der Waals surface area contributed by atoms with Crippen molar-refractivity contribution in [3.8, 4) is 0 Å². The van der Waals surface area contributed by atoms with Crippen molar-refractivity contribution in [2.75, 3.05) is 82.1 Å². The molecule has 66 heavy (non-hydrogen) atoms. The lowest BCUT2D eigenvalue weighted by Crippen LogP contribution is -2.31. The minimum atomic E-state index is -0.342. The van der Waals surface area contributed by atoms with E-state index < -0.39 is 0 Å². The molecule has 358 valence electrons. The Balaban J connectivity index is 0.951. The number of carbonyl (C=O) groups excluding carboxylic acids is 4. The molecule has 0 unspecified atom stereocenters. The number of nitrogens with one attached hydrogen (secondary N) is 2. The van der Waals surface area contributed by atoms with Crippen molar-refractivity contribution in [2.24, 2.45) is 0 Å². The highest BCUT2D eigenvalue weighted by Crippen LogP contribution is 2.38. The third-order valence-corrected chi connectivity index (χ3v) is 14.5. The summed E-state index contributed by atoms with van der Waals surface area (Å²) < 4.78 is 21.4. The summed E-state index contributed by atoms with van der Waals surface area (Å²) in [6.07, 6.45) is 4.43. The first kappa shape index (κ1) is 54.1. The Kier molecular flexibility index (Phi) is 27.1. The van der Waals surface area contributed by atoms with Gasteiger partial charge in [-0.15, -0.1) is 0 Å². The van der Waals surface area contributed by atoms with Crippen LogP contribution in [0.3, 0.4) is 0 Å². The largest absolute Gasteiger partial charge is 0.466 e. The average Bonchev–Trinajstić information content (AvgIpc) is 3.32. The van der Waals surface area contributed by atoms with Crippen LogP contribution < -0.4 is 16.4 Å². The number of ether oxygens (including phenoxy) is 4. The number of nitrogens with zero attached hydrogens (tertiary/aromatic N) is 1. The Morgan fingerprint density at radius 3 is 1.21 bits per heavy atom. The first-order chi connectivity index (χ1) is 32.1. The van der Waals surface area contributed by atoms with Gasteiger partial charge in [-0.1, -0.05) is 60.9 Å². The molecule has 0 atom stereocenters. The molecule has 4 aromatic rings. The Morgan fingerprint density at radius 2 is 0.833 bits per heavy atom. The normalized spacial score (nSPS) is 11.0. The zero-order chi connectivity index (χ0) is 47.0. The summed E-state index contributed by atoms with van der Waals surface area (Å²) >= 11 is 0. The van der Waals surface area contributed by atoms with Crippen molar-refractivity contribution >= 4 is 84.1 Å². The predicted octanol–water partition coefficient (Wildman–Crippen LogP) is 10.1. The molecule has 0 heterocycles. The molecule has 0 aliphatic heterocycles. The van der Waals surface area contributed by atoms with Crippen molar-refractivity contribution in [1.82, 2.24) is 4.90 Å². The van der Waals surface area contributed by atoms with Crippen molar-refractivity contribution in [1.29, 1.82) is 0 Å². The van der Waals surface area contributed by atoms with Gasteiger partial charge in [0, 0.05) is 69.4 Å². The van der Waals surface area contributed by atoms with Gasteiger partial charge in [0.05, 0.1) is 52.1 Å². The van der Waals surface area contributed by atoms with E-state index in [1.165, 1.54) is 10.5 Å². The number of rotatable bonds is 34. The monoisotopic (exact) mass is 980 g/mol. The van der Waals surface area contributed by atoms with Crippen LogP contribution in [-0.2, 0) is 38.1 Å². The smallest absolute Gasteiger partial charge is 0.307 e. The van der Waals surface area contributed by atoms with Crippen LogP contribution in [0.15, 0.2) is 117 Å². The van der Waals surface area contributed by atoms with Crippen LogP contribution in [0.4, 0.5) is 17.1 Å². The Bertz CT molecular complexity index is 1860. The minimum absolute atomic E-state index is 0.0698. The van der Waals surface area contributed by atoms with E-state index in [1.54, 1.807) is 43.2 Å². The maximum Gasteiger partial charge on any atom is 0.307 e. The summed E-state index contributed by atoms with van der Waals surface area (Å²) in [5.41, 5.74) is 9.59. The molecule has 17 heteroatoms. The number of esters is 4.